The van der Waals surface area contributed by atoms with E-state index in [0.717, 1.165) is 24.3 Å². The number of ether oxygens (including phenoxy) is 1. The third-order valence-electron chi connectivity index (χ3n) is 6.29. The Morgan fingerprint density at radius 3 is 2.53 bits per heavy atom. The van der Waals surface area contributed by atoms with Crippen molar-refractivity contribution >= 4 is 28.8 Å². The molecule has 1 N–H and O–H groups in total. The van der Waals surface area contributed by atoms with Gasteiger partial charge in [-0.05, 0) is 49.9 Å². The molecule has 2 amide bonds. The second-order valence-corrected chi connectivity index (χ2v) is 9.80. The maximum atomic E-state index is 13.0. The van der Waals surface area contributed by atoms with E-state index in [1.807, 2.05) is 24.0 Å². The van der Waals surface area contributed by atoms with Crippen LogP contribution in [0.25, 0.3) is 11.1 Å². The third kappa shape index (κ3) is 7.22. The highest BCUT2D eigenvalue weighted by Crippen LogP contribution is 2.33. The fourth-order valence-electron chi connectivity index (χ4n) is 4.35. The minimum Gasteiger partial charge on any atom is -0.406 e. The Labute approximate surface area is 223 Å². The van der Waals surface area contributed by atoms with E-state index in [2.05, 4.69) is 15.0 Å². The molecule has 1 aromatic heterocycles. The highest BCUT2D eigenvalue weighted by atomic mass is 32.1. The predicted octanol–water partition coefficient (Wildman–Crippen LogP) is 7.02. The summed E-state index contributed by atoms with van der Waals surface area (Å²) in [5, 5.41) is 5.48. The molecule has 3 aromatic rings. The summed E-state index contributed by atoms with van der Waals surface area (Å²) in [7, 11) is 0. The van der Waals surface area contributed by atoms with Gasteiger partial charge in [-0.25, -0.2) is 4.98 Å². The lowest BCUT2D eigenvalue weighted by atomic mass is 9.97. The van der Waals surface area contributed by atoms with Gasteiger partial charge in [0.15, 0.2) is 0 Å². The van der Waals surface area contributed by atoms with Gasteiger partial charge in [0.05, 0.1) is 5.01 Å². The normalized spacial score (nSPS) is 14.6. The number of halogens is 3. The zero-order valence-electron chi connectivity index (χ0n) is 20.8. The van der Waals surface area contributed by atoms with Gasteiger partial charge in [-0.3, -0.25) is 9.59 Å². The monoisotopic (exact) mass is 543 g/mol. The van der Waals surface area contributed by atoms with E-state index in [1.165, 1.54) is 35.6 Å². The molecule has 6 nitrogen and oxygen atoms in total. The molecule has 38 heavy (non-hydrogen) atoms. The number of nitrogens with one attached hydrogen (secondary N) is 1. The maximum Gasteiger partial charge on any atom is 0.573 e. The number of amides is 2. The topological polar surface area (TPSA) is 71.5 Å². The Morgan fingerprint density at radius 1 is 1.13 bits per heavy atom. The summed E-state index contributed by atoms with van der Waals surface area (Å²) in [6.45, 7) is 3.30. The van der Waals surface area contributed by atoms with Crippen LogP contribution in [0.2, 0.25) is 0 Å². The van der Waals surface area contributed by atoms with Gasteiger partial charge in [-0.1, -0.05) is 42.5 Å². The van der Waals surface area contributed by atoms with Crippen LogP contribution < -0.4 is 10.1 Å². The highest BCUT2D eigenvalue weighted by molar-refractivity contribution is 7.10. The van der Waals surface area contributed by atoms with Gasteiger partial charge in [0.2, 0.25) is 5.91 Å². The number of thiazole rings is 1. The Bertz CT molecular complexity index is 1280. The van der Waals surface area contributed by atoms with Crippen molar-refractivity contribution in [3.8, 4) is 16.9 Å². The average molecular weight is 544 g/mol. The summed E-state index contributed by atoms with van der Waals surface area (Å²) >= 11 is 1.44. The largest absolute Gasteiger partial charge is 0.573 e. The molecule has 0 radical (unpaired) electrons. The Hall–Kier alpha value is -3.66. The van der Waals surface area contributed by atoms with E-state index < -0.39 is 6.36 Å². The number of carbonyl (C=O) groups is 2. The summed E-state index contributed by atoms with van der Waals surface area (Å²) in [6, 6.07) is 12.5. The average Bonchev–Trinajstić information content (AvgIpc) is 3.40. The zero-order valence-corrected chi connectivity index (χ0v) is 21.6. The zero-order chi connectivity index (χ0) is 27.1. The molecule has 1 aliphatic heterocycles. The fraction of sp³-hybridized carbons (Fsp3) is 0.321. The van der Waals surface area contributed by atoms with Gasteiger partial charge >= 0.3 is 6.36 Å². The summed E-state index contributed by atoms with van der Waals surface area (Å²) in [4.78, 5) is 31.8. The molecule has 2 aromatic carbocycles. The van der Waals surface area contributed by atoms with Crippen molar-refractivity contribution in [2.75, 3.05) is 18.4 Å². The van der Waals surface area contributed by atoms with Crippen molar-refractivity contribution in [1.29, 1.82) is 0 Å². The second-order valence-electron chi connectivity index (χ2n) is 8.91. The van der Waals surface area contributed by atoms with Crippen LogP contribution in [0.1, 0.15) is 54.0 Å². The first-order valence-corrected chi connectivity index (χ1v) is 13.2. The molecule has 200 valence electrons. The quantitative estimate of drug-likeness (QED) is 0.310. The number of allylic oxidation sites excluding steroid dienone is 2. The first kappa shape index (κ1) is 27.4. The fourth-order valence-corrected chi connectivity index (χ4v) is 5.32. The molecular weight excluding hydrogens is 515 g/mol. The van der Waals surface area contributed by atoms with Gasteiger partial charge in [-0.2, -0.15) is 0 Å². The number of nitrogens with zero attached hydrogens (tertiary/aromatic N) is 2. The summed E-state index contributed by atoms with van der Waals surface area (Å²) in [5.74, 6) is -0.317. The van der Waals surface area contributed by atoms with Crippen LogP contribution in [-0.2, 0) is 4.79 Å². The SMILES string of the molecule is C/C=C/CCC(=O)N1CCC(c2nc(C(=O)Nc3ccccc3-c3ccc(OC(F)(F)F)cc3)cs2)CC1. The minimum atomic E-state index is -4.76. The predicted molar refractivity (Wildman–Crippen MR) is 141 cm³/mol. The molecule has 0 saturated carbocycles. The highest BCUT2D eigenvalue weighted by Gasteiger charge is 2.31. The number of likely N-dealkylation sites (tertiary alicyclic amines) is 1. The van der Waals surface area contributed by atoms with Crippen LogP contribution in [0.15, 0.2) is 66.1 Å². The van der Waals surface area contributed by atoms with Gasteiger partial charge < -0.3 is 15.0 Å². The molecule has 1 fully saturated rings. The smallest absolute Gasteiger partial charge is 0.406 e. The van der Waals surface area contributed by atoms with Crippen molar-refractivity contribution in [2.45, 2.75) is 44.9 Å². The molecule has 0 unspecified atom stereocenters. The Balaban J connectivity index is 1.38. The molecule has 1 aliphatic rings. The summed E-state index contributed by atoms with van der Waals surface area (Å²) in [5.41, 5.74) is 2.10. The Morgan fingerprint density at radius 2 is 1.84 bits per heavy atom. The molecular formula is C28H28F3N3O3S. The number of benzene rings is 2. The first-order chi connectivity index (χ1) is 18.2. The molecule has 1 saturated heterocycles. The van der Waals surface area contributed by atoms with E-state index in [0.29, 0.717) is 42.0 Å². The van der Waals surface area contributed by atoms with Crippen molar-refractivity contribution in [1.82, 2.24) is 9.88 Å². The molecule has 2 heterocycles. The number of hydrogen-bond acceptors (Lipinski definition) is 5. The van der Waals surface area contributed by atoms with Crippen molar-refractivity contribution < 1.29 is 27.5 Å². The number of para-hydroxylation sites is 1. The first-order valence-electron chi connectivity index (χ1n) is 12.3. The van der Waals surface area contributed by atoms with Crippen molar-refractivity contribution in [3.05, 3.63) is 76.8 Å². The number of hydrogen-bond donors (Lipinski definition) is 1. The van der Waals surface area contributed by atoms with Crippen LogP contribution in [0.3, 0.4) is 0 Å². The number of alkyl halides is 3. The van der Waals surface area contributed by atoms with E-state index in [9.17, 15) is 22.8 Å². The lowest BCUT2D eigenvalue weighted by molar-refractivity contribution is -0.274. The number of carbonyl (C=O) groups excluding carboxylic acids is 2. The van der Waals surface area contributed by atoms with Gasteiger partial charge in [-0.15, -0.1) is 24.5 Å². The van der Waals surface area contributed by atoms with Crippen LogP contribution in [0.5, 0.6) is 5.75 Å². The van der Waals surface area contributed by atoms with E-state index in [1.54, 1.807) is 29.6 Å². The number of rotatable bonds is 8. The van der Waals surface area contributed by atoms with Crippen LogP contribution in [-0.4, -0.2) is 41.2 Å². The van der Waals surface area contributed by atoms with E-state index >= 15 is 0 Å². The Kier molecular flexibility index (Phi) is 8.83. The van der Waals surface area contributed by atoms with Gasteiger partial charge in [0.1, 0.15) is 11.4 Å². The molecule has 0 spiro atoms. The van der Waals surface area contributed by atoms with E-state index in [-0.39, 0.29) is 23.5 Å². The summed E-state index contributed by atoms with van der Waals surface area (Å²) < 4.78 is 41.3. The molecule has 0 bridgehead atoms. The number of piperidine rings is 1. The molecule has 4 rings (SSSR count). The van der Waals surface area contributed by atoms with Crippen LogP contribution >= 0.6 is 11.3 Å². The molecule has 0 aliphatic carbocycles. The third-order valence-corrected chi connectivity index (χ3v) is 7.29. The van der Waals surface area contributed by atoms with Crippen LogP contribution in [0.4, 0.5) is 18.9 Å². The number of anilines is 1. The summed E-state index contributed by atoms with van der Waals surface area (Å²) in [6.07, 6.45) is 2.06. The molecule has 0 atom stereocenters. The minimum absolute atomic E-state index is 0.168. The van der Waals surface area contributed by atoms with Crippen molar-refractivity contribution in [2.24, 2.45) is 0 Å². The van der Waals surface area contributed by atoms with Gasteiger partial charge in [0.25, 0.3) is 5.91 Å². The van der Waals surface area contributed by atoms with Gasteiger partial charge in [0, 0.05) is 42.1 Å². The second kappa shape index (κ2) is 12.3. The standard InChI is InChI=1S/C28H28F3N3O3S/c1-2-3-4-9-25(35)34-16-14-20(15-17-34)27-33-24(18-38-27)26(36)32-23-8-6-5-7-22(23)19-10-12-21(13-11-19)37-28(29,30)31/h2-3,5-8,10-13,18,20H,4,9,14-17H2,1H3,(H,32,36)/b3-2+. The molecule has 10 heteroatoms. The van der Waals surface area contributed by atoms with Crippen molar-refractivity contribution in [3.63, 3.8) is 0 Å². The van der Waals surface area contributed by atoms with Crippen LogP contribution in [0, 0.1) is 0 Å². The lowest BCUT2D eigenvalue weighted by Gasteiger charge is -2.31. The number of aromatic nitrogens is 1. The van der Waals surface area contributed by atoms with E-state index in [4.69, 9.17) is 0 Å². The maximum absolute atomic E-state index is 13.0. The lowest BCUT2D eigenvalue weighted by Crippen LogP contribution is -2.37.